The normalized spacial score (nSPS) is 11.3. The first-order valence-corrected chi connectivity index (χ1v) is 9.15. The van der Waals surface area contributed by atoms with E-state index in [1.54, 1.807) is 43.3 Å². The summed E-state index contributed by atoms with van der Waals surface area (Å²) in [6.45, 7) is 1.20. The van der Waals surface area contributed by atoms with Crippen molar-refractivity contribution in [2.75, 3.05) is 27.2 Å². The zero-order valence-electron chi connectivity index (χ0n) is 14.3. The van der Waals surface area contributed by atoms with Crippen LogP contribution in [-0.4, -0.2) is 61.5 Å². The molecule has 0 spiro atoms. The molecule has 0 aliphatic heterocycles. The second-order valence-corrected chi connectivity index (χ2v) is 7.05. The molecule has 26 heavy (non-hydrogen) atoms. The zero-order chi connectivity index (χ0) is 19.5. The van der Waals surface area contributed by atoms with E-state index in [0.717, 1.165) is 6.20 Å². The van der Waals surface area contributed by atoms with Gasteiger partial charge in [0.05, 0.1) is 0 Å². The molecule has 10 heteroatoms. The minimum Gasteiger partial charge on any atom is -0.477 e. The van der Waals surface area contributed by atoms with Crippen LogP contribution in [0.5, 0.6) is 0 Å². The van der Waals surface area contributed by atoms with E-state index in [0.29, 0.717) is 28.2 Å². The molecule has 1 heterocycles. The van der Waals surface area contributed by atoms with Crippen LogP contribution in [0.1, 0.15) is 20.8 Å². The van der Waals surface area contributed by atoms with Crippen molar-refractivity contribution in [3.8, 4) is 11.1 Å². The second kappa shape index (κ2) is 7.68. The molecule has 0 fully saturated rings. The average Bonchev–Trinajstić information content (AvgIpc) is 3.05. The predicted octanol–water partition coefficient (Wildman–Crippen LogP) is 0.196. The third-order valence-electron chi connectivity index (χ3n) is 3.82. The number of carbonyl (C=O) groups excluding carboxylic acids is 1. The fraction of sp³-hybridized carbons (Fsp3) is 0.250. The molecule has 9 nitrogen and oxygen atoms in total. The molecule has 1 amide bonds. The van der Waals surface area contributed by atoms with Crippen molar-refractivity contribution in [2.45, 2.75) is 0 Å². The number of carboxylic acid groups (broad SMARTS) is 1. The number of benzene rings is 1. The van der Waals surface area contributed by atoms with Gasteiger partial charge in [-0.05, 0) is 30.8 Å². The van der Waals surface area contributed by atoms with Crippen LogP contribution in [0.4, 0.5) is 0 Å². The highest BCUT2D eigenvalue weighted by molar-refractivity contribution is 7.87. The molecule has 0 radical (unpaired) electrons. The van der Waals surface area contributed by atoms with E-state index in [4.69, 9.17) is 5.14 Å². The summed E-state index contributed by atoms with van der Waals surface area (Å²) in [5, 5.41) is 17.3. The van der Waals surface area contributed by atoms with Crippen LogP contribution in [0.2, 0.25) is 0 Å². The fourth-order valence-corrected chi connectivity index (χ4v) is 3.12. The van der Waals surface area contributed by atoms with Gasteiger partial charge in [0.2, 0.25) is 0 Å². The molecular formula is C16H20N4O5S. The van der Waals surface area contributed by atoms with Gasteiger partial charge in [-0.15, -0.1) is 0 Å². The van der Waals surface area contributed by atoms with Gasteiger partial charge in [0.15, 0.2) is 5.69 Å². The van der Waals surface area contributed by atoms with Crippen molar-refractivity contribution in [3.05, 3.63) is 47.8 Å². The number of likely N-dealkylation sites (N-methyl/N-ethyl adjacent to an activating group) is 2. The maximum atomic E-state index is 12.3. The molecule has 0 saturated heterocycles. The van der Waals surface area contributed by atoms with E-state index < -0.39 is 21.9 Å². The maximum absolute atomic E-state index is 12.3. The molecule has 0 saturated carbocycles. The number of aromatic nitrogens is 1. The zero-order valence-corrected chi connectivity index (χ0v) is 15.2. The summed E-state index contributed by atoms with van der Waals surface area (Å²) in [4.78, 5) is 25.4. The Bertz CT molecular complexity index is 919. The third-order valence-corrected chi connectivity index (χ3v) is 4.67. The molecule has 0 aliphatic carbocycles. The van der Waals surface area contributed by atoms with Crippen molar-refractivity contribution in [1.82, 2.24) is 14.2 Å². The second-order valence-electron chi connectivity index (χ2n) is 5.63. The monoisotopic (exact) mass is 380 g/mol. The lowest BCUT2D eigenvalue weighted by molar-refractivity contribution is 0.0689. The highest BCUT2D eigenvalue weighted by Gasteiger charge is 2.23. The van der Waals surface area contributed by atoms with E-state index in [9.17, 15) is 23.1 Å². The molecule has 2 aromatic rings. The molecule has 4 N–H and O–H groups in total. The van der Waals surface area contributed by atoms with Gasteiger partial charge in [-0.3, -0.25) is 4.79 Å². The number of hydrogen-bond acceptors (Lipinski definition) is 5. The molecule has 0 bridgehead atoms. The maximum Gasteiger partial charge on any atom is 0.354 e. The lowest BCUT2D eigenvalue weighted by Gasteiger charge is -2.17. The minimum atomic E-state index is -4.24. The number of carbonyl (C=O) groups is 2. The first-order chi connectivity index (χ1) is 12.2. The fourth-order valence-electron chi connectivity index (χ4n) is 2.46. The van der Waals surface area contributed by atoms with Crippen molar-refractivity contribution in [3.63, 3.8) is 0 Å². The Labute approximate surface area is 151 Å². The molecule has 140 valence electrons. The first-order valence-electron chi connectivity index (χ1n) is 7.65. The standard InChI is InChI=1S/C16H20N4O5S/c1-18-8-10-19(2)15(21)12-5-3-11(4-6-12)13-7-9-20(26(17,24)25)14(13)16(22)23/h3-7,9,18H,8,10H2,1-2H3,(H,22,23)(H2,17,24,25). The number of nitrogens with zero attached hydrogens (tertiary/aromatic N) is 2. The van der Waals surface area contributed by atoms with E-state index in [-0.39, 0.29) is 11.5 Å². The van der Waals surface area contributed by atoms with E-state index in [1.807, 2.05) is 0 Å². The van der Waals surface area contributed by atoms with Crippen molar-refractivity contribution in [1.29, 1.82) is 0 Å². The van der Waals surface area contributed by atoms with Crippen molar-refractivity contribution >= 4 is 22.1 Å². The van der Waals surface area contributed by atoms with Crippen LogP contribution < -0.4 is 10.5 Å². The number of nitrogens with one attached hydrogen (secondary N) is 1. The van der Waals surface area contributed by atoms with Gasteiger partial charge in [-0.25, -0.2) is 13.9 Å². The quantitative estimate of drug-likeness (QED) is 0.628. The van der Waals surface area contributed by atoms with Gasteiger partial charge in [0, 0.05) is 37.5 Å². The summed E-state index contributed by atoms with van der Waals surface area (Å²) in [5.41, 5.74) is 0.626. The molecule has 0 unspecified atom stereocenters. The summed E-state index contributed by atoms with van der Waals surface area (Å²) in [6, 6.07) is 7.60. The van der Waals surface area contributed by atoms with Crippen molar-refractivity contribution in [2.24, 2.45) is 5.14 Å². The largest absolute Gasteiger partial charge is 0.477 e. The van der Waals surface area contributed by atoms with Gasteiger partial charge >= 0.3 is 16.2 Å². The van der Waals surface area contributed by atoms with E-state index in [1.165, 1.54) is 6.07 Å². The highest BCUT2D eigenvalue weighted by Crippen LogP contribution is 2.26. The molecule has 2 rings (SSSR count). The van der Waals surface area contributed by atoms with Crippen LogP contribution in [0.3, 0.4) is 0 Å². The van der Waals surface area contributed by atoms with E-state index >= 15 is 0 Å². The lowest BCUT2D eigenvalue weighted by Crippen LogP contribution is -2.32. The smallest absolute Gasteiger partial charge is 0.354 e. The summed E-state index contributed by atoms with van der Waals surface area (Å²) in [6.07, 6.45) is 1.08. The SMILES string of the molecule is CNCCN(C)C(=O)c1ccc(-c2ccn(S(N)(=O)=O)c2C(=O)O)cc1. The van der Waals surface area contributed by atoms with Crippen LogP contribution in [0.25, 0.3) is 11.1 Å². The molecular weight excluding hydrogens is 360 g/mol. The third kappa shape index (κ3) is 4.10. The Morgan fingerprint density at radius 3 is 2.35 bits per heavy atom. The Hall–Kier alpha value is -2.69. The van der Waals surface area contributed by atoms with Crippen molar-refractivity contribution < 1.29 is 23.1 Å². The topological polar surface area (TPSA) is 135 Å². The number of carboxylic acids is 1. The number of rotatable bonds is 7. The van der Waals surface area contributed by atoms with Crippen LogP contribution in [0, 0.1) is 0 Å². The van der Waals surface area contributed by atoms with Gasteiger partial charge in [0.25, 0.3) is 5.91 Å². The van der Waals surface area contributed by atoms with Crippen LogP contribution in [0.15, 0.2) is 36.5 Å². The van der Waals surface area contributed by atoms with Gasteiger partial charge in [0.1, 0.15) is 0 Å². The molecule has 0 atom stereocenters. The Kier molecular flexibility index (Phi) is 5.80. The molecule has 0 aliphatic rings. The Balaban J connectivity index is 2.36. The molecule has 1 aromatic heterocycles. The summed E-state index contributed by atoms with van der Waals surface area (Å²) < 4.78 is 23.6. The number of hydrogen-bond donors (Lipinski definition) is 3. The summed E-state index contributed by atoms with van der Waals surface area (Å²) in [5.74, 6) is -1.60. The Morgan fingerprint density at radius 1 is 1.23 bits per heavy atom. The lowest BCUT2D eigenvalue weighted by atomic mass is 10.0. The Morgan fingerprint density at radius 2 is 1.85 bits per heavy atom. The van der Waals surface area contributed by atoms with Gasteiger partial charge in [-0.2, -0.15) is 8.42 Å². The first kappa shape index (κ1) is 19.6. The average molecular weight is 380 g/mol. The summed E-state index contributed by atoms with van der Waals surface area (Å²) >= 11 is 0. The van der Waals surface area contributed by atoms with Gasteiger partial charge < -0.3 is 15.3 Å². The number of amides is 1. The number of nitrogens with two attached hydrogens (primary N) is 1. The van der Waals surface area contributed by atoms with Crippen LogP contribution in [-0.2, 0) is 10.2 Å². The van der Waals surface area contributed by atoms with E-state index in [2.05, 4.69) is 5.32 Å². The number of aromatic carboxylic acids is 1. The minimum absolute atomic E-state index is 0.174. The summed E-state index contributed by atoms with van der Waals surface area (Å²) in [7, 11) is -0.763. The predicted molar refractivity (Wildman–Crippen MR) is 96.2 cm³/mol. The van der Waals surface area contributed by atoms with Gasteiger partial charge in [-0.1, -0.05) is 12.1 Å². The van der Waals surface area contributed by atoms with Crippen LogP contribution >= 0.6 is 0 Å². The highest BCUT2D eigenvalue weighted by atomic mass is 32.2. The molecule has 1 aromatic carbocycles.